The first kappa shape index (κ1) is 18.9. The molecule has 26 heavy (non-hydrogen) atoms. The highest BCUT2D eigenvalue weighted by Gasteiger charge is 2.68. The Labute approximate surface area is 155 Å². The average Bonchev–Trinajstić information content (AvgIpc) is 3.02. The number of carbonyl (C=O) groups excluding carboxylic acids is 2. The minimum Gasteiger partial charge on any atom is -0.352 e. The molecule has 1 saturated carbocycles. The van der Waals surface area contributed by atoms with E-state index in [0.717, 1.165) is 19.4 Å². The summed E-state index contributed by atoms with van der Waals surface area (Å²) in [5.74, 6) is 0.0611. The molecule has 1 aliphatic heterocycles. The Morgan fingerprint density at radius 3 is 2.35 bits per heavy atom. The van der Waals surface area contributed by atoms with Crippen LogP contribution >= 0.6 is 0 Å². The first-order valence-corrected chi connectivity index (χ1v) is 9.47. The molecule has 0 bridgehead atoms. The summed E-state index contributed by atoms with van der Waals surface area (Å²) in [4.78, 5) is 27.1. The van der Waals surface area contributed by atoms with E-state index in [0.29, 0.717) is 18.7 Å². The Bertz CT molecular complexity index is 682. The number of halogens is 1. The fourth-order valence-electron chi connectivity index (χ4n) is 4.37. The lowest BCUT2D eigenvalue weighted by molar-refractivity contribution is -0.135. The Balaban J connectivity index is 1.53. The molecular weight excluding hydrogens is 331 g/mol. The monoisotopic (exact) mass is 360 g/mol. The van der Waals surface area contributed by atoms with Crippen LogP contribution in [0.5, 0.6) is 0 Å². The fraction of sp³-hybridized carbons (Fsp3) is 0.619. The maximum atomic E-state index is 13.0. The molecule has 2 fully saturated rings. The zero-order valence-electron chi connectivity index (χ0n) is 16.1. The van der Waals surface area contributed by atoms with Gasteiger partial charge < -0.3 is 10.2 Å². The lowest BCUT2D eigenvalue weighted by atomic mass is 9.97. The molecule has 0 radical (unpaired) electrons. The summed E-state index contributed by atoms with van der Waals surface area (Å²) in [5, 5.41) is 2.93. The topological polar surface area (TPSA) is 49.4 Å². The van der Waals surface area contributed by atoms with Crippen LogP contribution < -0.4 is 5.32 Å². The van der Waals surface area contributed by atoms with Gasteiger partial charge in [0.15, 0.2) is 0 Å². The first-order chi connectivity index (χ1) is 12.1. The summed E-state index contributed by atoms with van der Waals surface area (Å²) in [7, 11) is 0. The van der Waals surface area contributed by atoms with Crippen LogP contribution in [-0.2, 0) is 4.79 Å². The number of benzene rings is 1. The third-order valence-electron chi connectivity index (χ3n) is 6.76. The molecule has 0 unspecified atom stereocenters. The molecule has 1 heterocycles. The van der Waals surface area contributed by atoms with E-state index in [9.17, 15) is 14.0 Å². The summed E-state index contributed by atoms with van der Waals surface area (Å²) in [6, 6.07) is 5.54. The van der Waals surface area contributed by atoms with Gasteiger partial charge in [0.05, 0.1) is 0 Å². The van der Waals surface area contributed by atoms with Crippen molar-refractivity contribution in [2.24, 2.45) is 22.7 Å². The van der Waals surface area contributed by atoms with Gasteiger partial charge in [0, 0.05) is 31.1 Å². The van der Waals surface area contributed by atoms with Gasteiger partial charge in [0.1, 0.15) is 5.82 Å². The Kier molecular flexibility index (Phi) is 4.84. The zero-order valence-corrected chi connectivity index (χ0v) is 16.1. The molecule has 3 rings (SSSR count). The van der Waals surface area contributed by atoms with E-state index in [2.05, 4.69) is 33.0 Å². The minimum atomic E-state index is -0.353. The average molecular weight is 360 g/mol. The SMILES string of the molecule is CC1(C)C(C(=O)N2CCC[C@H](CNC(=O)c3ccc(F)cc3)C2)C1(C)C. The van der Waals surface area contributed by atoms with Crippen molar-refractivity contribution in [3.63, 3.8) is 0 Å². The molecule has 142 valence electrons. The van der Waals surface area contributed by atoms with Crippen LogP contribution in [0, 0.1) is 28.5 Å². The second-order valence-electron chi connectivity index (χ2n) is 8.89. The van der Waals surface area contributed by atoms with Gasteiger partial charge in [0.2, 0.25) is 5.91 Å². The quantitative estimate of drug-likeness (QED) is 0.894. The van der Waals surface area contributed by atoms with Gasteiger partial charge in [-0.05, 0) is 53.9 Å². The third-order valence-corrected chi connectivity index (χ3v) is 6.76. The van der Waals surface area contributed by atoms with Gasteiger partial charge in [-0.2, -0.15) is 0 Å². The molecule has 2 aliphatic rings. The highest BCUT2D eigenvalue weighted by Crippen LogP contribution is 2.68. The number of rotatable bonds is 4. The second-order valence-corrected chi connectivity index (χ2v) is 8.89. The summed E-state index contributed by atoms with van der Waals surface area (Å²) < 4.78 is 13.0. The van der Waals surface area contributed by atoms with Gasteiger partial charge in [-0.3, -0.25) is 9.59 Å². The molecule has 1 saturated heterocycles. The van der Waals surface area contributed by atoms with Crippen LogP contribution in [-0.4, -0.2) is 36.3 Å². The van der Waals surface area contributed by atoms with E-state index >= 15 is 0 Å². The highest BCUT2D eigenvalue weighted by atomic mass is 19.1. The second kappa shape index (κ2) is 6.67. The number of nitrogens with one attached hydrogen (secondary N) is 1. The van der Waals surface area contributed by atoms with Crippen molar-refractivity contribution in [3.8, 4) is 0 Å². The largest absolute Gasteiger partial charge is 0.352 e. The summed E-state index contributed by atoms with van der Waals surface area (Å²) in [5.41, 5.74) is 0.554. The maximum absolute atomic E-state index is 13.0. The predicted molar refractivity (Wildman–Crippen MR) is 99.1 cm³/mol. The van der Waals surface area contributed by atoms with Crippen molar-refractivity contribution in [3.05, 3.63) is 35.6 Å². The van der Waals surface area contributed by atoms with Crippen LogP contribution in [0.3, 0.4) is 0 Å². The summed E-state index contributed by atoms with van der Waals surface area (Å²) in [6.45, 7) is 10.7. The van der Waals surface area contributed by atoms with E-state index in [1.165, 1.54) is 24.3 Å². The van der Waals surface area contributed by atoms with E-state index in [1.807, 2.05) is 4.90 Å². The zero-order chi connectivity index (χ0) is 19.1. The molecule has 0 spiro atoms. The minimum absolute atomic E-state index is 0.0494. The standard InChI is InChI=1S/C21H29FN2O2/c1-20(2)17(21(20,3)4)19(26)24-11-5-6-14(13-24)12-23-18(25)15-7-9-16(22)10-8-15/h7-10,14,17H,5-6,11-13H2,1-4H3,(H,23,25)/t14-/m1/s1. The Morgan fingerprint density at radius 2 is 1.77 bits per heavy atom. The van der Waals surface area contributed by atoms with Crippen molar-refractivity contribution < 1.29 is 14.0 Å². The number of hydrogen-bond donors (Lipinski definition) is 1. The van der Waals surface area contributed by atoms with Gasteiger partial charge in [0.25, 0.3) is 5.91 Å². The third kappa shape index (κ3) is 3.36. The van der Waals surface area contributed by atoms with Crippen LogP contribution in [0.1, 0.15) is 50.9 Å². The molecule has 2 amide bonds. The molecule has 1 aromatic carbocycles. The first-order valence-electron chi connectivity index (χ1n) is 9.47. The maximum Gasteiger partial charge on any atom is 0.251 e. The predicted octanol–water partition coefficient (Wildman–Crippen LogP) is 3.48. The number of piperidine rings is 1. The van der Waals surface area contributed by atoms with Crippen molar-refractivity contribution in [1.82, 2.24) is 10.2 Å². The molecule has 1 atom stereocenters. The number of amides is 2. The molecule has 1 N–H and O–H groups in total. The smallest absolute Gasteiger partial charge is 0.251 e. The van der Waals surface area contributed by atoms with E-state index in [1.54, 1.807) is 0 Å². The molecule has 1 aromatic rings. The van der Waals surface area contributed by atoms with Crippen LogP contribution in [0.4, 0.5) is 4.39 Å². The Morgan fingerprint density at radius 1 is 1.15 bits per heavy atom. The van der Waals surface area contributed by atoms with Gasteiger partial charge in [-0.1, -0.05) is 27.7 Å². The van der Waals surface area contributed by atoms with Gasteiger partial charge in [-0.25, -0.2) is 4.39 Å². The van der Waals surface area contributed by atoms with Gasteiger partial charge in [-0.15, -0.1) is 0 Å². The van der Waals surface area contributed by atoms with Crippen LogP contribution in [0.15, 0.2) is 24.3 Å². The van der Waals surface area contributed by atoms with Crippen molar-refractivity contribution in [2.75, 3.05) is 19.6 Å². The van der Waals surface area contributed by atoms with Crippen LogP contribution in [0.25, 0.3) is 0 Å². The lowest BCUT2D eigenvalue weighted by Crippen LogP contribution is -2.45. The number of nitrogens with zero attached hydrogens (tertiary/aromatic N) is 1. The fourth-order valence-corrected chi connectivity index (χ4v) is 4.37. The molecular formula is C21H29FN2O2. The van der Waals surface area contributed by atoms with Crippen molar-refractivity contribution in [1.29, 1.82) is 0 Å². The normalized spacial score (nSPS) is 24.2. The number of likely N-dealkylation sites (tertiary alicyclic amines) is 1. The summed E-state index contributed by atoms with van der Waals surface area (Å²) >= 11 is 0. The van der Waals surface area contributed by atoms with Crippen molar-refractivity contribution >= 4 is 11.8 Å². The van der Waals surface area contributed by atoms with E-state index < -0.39 is 0 Å². The number of hydrogen-bond acceptors (Lipinski definition) is 2. The van der Waals surface area contributed by atoms with Gasteiger partial charge >= 0.3 is 0 Å². The molecule has 1 aliphatic carbocycles. The van der Waals surface area contributed by atoms with Crippen molar-refractivity contribution in [2.45, 2.75) is 40.5 Å². The van der Waals surface area contributed by atoms with E-state index in [-0.39, 0.29) is 40.3 Å². The number of carbonyl (C=O) groups is 2. The lowest BCUT2D eigenvalue weighted by Gasteiger charge is -2.33. The van der Waals surface area contributed by atoms with Crippen LogP contribution in [0.2, 0.25) is 0 Å². The van der Waals surface area contributed by atoms with E-state index in [4.69, 9.17) is 0 Å². The summed E-state index contributed by atoms with van der Waals surface area (Å²) in [6.07, 6.45) is 1.97. The Hall–Kier alpha value is -1.91. The highest BCUT2D eigenvalue weighted by molar-refractivity contribution is 5.94. The molecule has 0 aromatic heterocycles. The molecule has 4 nitrogen and oxygen atoms in total. The molecule has 5 heteroatoms.